The summed E-state index contributed by atoms with van der Waals surface area (Å²) in [7, 11) is 3.21. The molecule has 1 aliphatic rings. The van der Waals surface area contributed by atoms with Gasteiger partial charge in [0.2, 0.25) is 17.5 Å². The molecule has 1 saturated heterocycles. The number of hydrogen-bond donors (Lipinski definition) is 0. The van der Waals surface area contributed by atoms with Crippen molar-refractivity contribution in [3.8, 4) is 17.6 Å². The number of nitriles is 1. The molecule has 2 heterocycles. The molecule has 2 aromatic rings. The van der Waals surface area contributed by atoms with Crippen molar-refractivity contribution >= 4 is 18.0 Å². The highest BCUT2D eigenvalue weighted by Gasteiger charge is 2.19. The maximum absolute atomic E-state index is 9.39. The highest BCUT2D eigenvalue weighted by molar-refractivity contribution is 5.69. The SMILES string of the molecule is COc1ccc(C=Cc2nc(C#N)c(N3CCCCCC3)o2)cc1OC. The summed E-state index contributed by atoms with van der Waals surface area (Å²) in [5.74, 6) is 2.35. The number of rotatable bonds is 5. The van der Waals surface area contributed by atoms with Gasteiger partial charge in [-0.15, -0.1) is 0 Å². The molecule has 0 bridgehead atoms. The van der Waals surface area contributed by atoms with E-state index in [1.165, 1.54) is 12.8 Å². The van der Waals surface area contributed by atoms with Gasteiger partial charge in [0.1, 0.15) is 6.07 Å². The smallest absolute Gasteiger partial charge is 0.235 e. The first-order chi connectivity index (χ1) is 12.7. The molecule has 0 unspecified atom stereocenters. The van der Waals surface area contributed by atoms with Crippen LogP contribution >= 0.6 is 0 Å². The lowest BCUT2D eigenvalue weighted by Crippen LogP contribution is -2.24. The number of aromatic nitrogens is 1. The number of hydrogen-bond acceptors (Lipinski definition) is 6. The Morgan fingerprint density at radius 1 is 1.08 bits per heavy atom. The van der Waals surface area contributed by atoms with Crippen molar-refractivity contribution in [2.45, 2.75) is 25.7 Å². The average Bonchev–Trinajstić information content (AvgIpc) is 2.90. The largest absolute Gasteiger partial charge is 0.493 e. The van der Waals surface area contributed by atoms with Crippen LogP contribution in [0.2, 0.25) is 0 Å². The van der Waals surface area contributed by atoms with Crippen molar-refractivity contribution in [1.82, 2.24) is 4.98 Å². The number of ether oxygens (including phenoxy) is 2. The number of nitrogens with zero attached hydrogens (tertiary/aromatic N) is 3. The Hall–Kier alpha value is -2.94. The summed E-state index contributed by atoms with van der Waals surface area (Å²) < 4.78 is 16.4. The second-order valence-electron chi connectivity index (χ2n) is 6.17. The van der Waals surface area contributed by atoms with Gasteiger partial charge in [0, 0.05) is 19.2 Å². The standard InChI is InChI=1S/C20H23N3O3/c1-24-17-9-7-15(13-18(17)25-2)8-10-19-22-16(14-21)20(26-19)23-11-5-3-4-6-12-23/h7-10,13H,3-6,11-12H2,1-2H3. The van der Waals surface area contributed by atoms with Crippen molar-refractivity contribution in [1.29, 1.82) is 5.26 Å². The van der Waals surface area contributed by atoms with Gasteiger partial charge >= 0.3 is 0 Å². The summed E-state index contributed by atoms with van der Waals surface area (Å²) in [6.45, 7) is 1.81. The first-order valence-electron chi connectivity index (χ1n) is 8.81. The Bertz CT molecular complexity index is 812. The van der Waals surface area contributed by atoms with Crippen LogP contribution in [0.3, 0.4) is 0 Å². The summed E-state index contributed by atoms with van der Waals surface area (Å²) in [6, 6.07) is 7.79. The second kappa shape index (κ2) is 8.43. The van der Waals surface area contributed by atoms with Gasteiger partial charge in [-0.1, -0.05) is 18.9 Å². The molecule has 0 amide bonds. The van der Waals surface area contributed by atoms with Crippen LogP contribution in [0.1, 0.15) is 42.8 Å². The van der Waals surface area contributed by atoms with E-state index in [4.69, 9.17) is 13.9 Å². The van der Waals surface area contributed by atoms with Crippen molar-refractivity contribution in [2.75, 3.05) is 32.2 Å². The van der Waals surface area contributed by atoms with Gasteiger partial charge in [-0.2, -0.15) is 10.2 Å². The fourth-order valence-electron chi connectivity index (χ4n) is 3.08. The van der Waals surface area contributed by atoms with Crippen molar-refractivity contribution < 1.29 is 13.9 Å². The zero-order chi connectivity index (χ0) is 18.4. The average molecular weight is 353 g/mol. The van der Waals surface area contributed by atoms with Crippen LogP contribution < -0.4 is 14.4 Å². The molecular weight excluding hydrogens is 330 g/mol. The Balaban J connectivity index is 1.82. The Morgan fingerprint density at radius 2 is 1.81 bits per heavy atom. The summed E-state index contributed by atoms with van der Waals surface area (Å²) >= 11 is 0. The molecule has 6 heteroatoms. The highest BCUT2D eigenvalue weighted by atomic mass is 16.5. The molecule has 3 rings (SSSR count). The van der Waals surface area contributed by atoms with Gasteiger partial charge in [0.15, 0.2) is 11.5 Å². The van der Waals surface area contributed by atoms with Crippen molar-refractivity contribution in [2.24, 2.45) is 0 Å². The predicted molar refractivity (Wildman–Crippen MR) is 100 cm³/mol. The highest BCUT2D eigenvalue weighted by Crippen LogP contribution is 2.29. The van der Waals surface area contributed by atoms with Crippen molar-refractivity contribution in [3.05, 3.63) is 35.3 Å². The third-order valence-corrected chi connectivity index (χ3v) is 4.45. The zero-order valence-electron chi connectivity index (χ0n) is 15.2. The Morgan fingerprint density at radius 3 is 2.46 bits per heavy atom. The summed E-state index contributed by atoms with van der Waals surface area (Å²) in [4.78, 5) is 6.44. The minimum atomic E-state index is 0.346. The minimum absolute atomic E-state index is 0.346. The predicted octanol–water partition coefficient (Wildman–Crippen LogP) is 4.11. The van der Waals surface area contributed by atoms with Crippen LogP contribution in [-0.4, -0.2) is 32.3 Å². The number of methoxy groups -OCH3 is 2. The minimum Gasteiger partial charge on any atom is -0.493 e. The molecule has 6 nitrogen and oxygen atoms in total. The molecule has 1 aromatic heterocycles. The van der Waals surface area contributed by atoms with E-state index in [-0.39, 0.29) is 0 Å². The first-order valence-corrected chi connectivity index (χ1v) is 8.81. The van der Waals surface area contributed by atoms with Crippen LogP contribution in [0, 0.1) is 11.3 Å². The molecule has 0 aliphatic carbocycles. The van der Waals surface area contributed by atoms with E-state index < -0.39 is 0 Å². The van der Waals surface area contributed by atoms with Gasteiger partial charge in [-0.05, 0) is 36.6 Å². The summed E-state index contributed by atoms with van der Waals surface area (Å²) in [5, 5.41) is 9.39. The molecule has 0 radical (unpaired) electrons. The molecule has 26 heavy (non-hydrogen) atoms. The summed E-state index contributed by atoms with van der Waals surface area (Å²) in [6.07, 6.45) is 8.31. The molecule has 0 N–H and O–H groups in total. The quantitative estimate of drug-likeness (QED) is 0.805. The molecule has 0 spiro atoms. The van der Waals surface area contributed by atoms with E-state index in [0.717, 1.165) is 31.5 Å². The first kappa shape index (κ1) is 17.9. The fraction of sp³-hybridized carbons (Fsp3) is 0.400. The third-order valence-electron chi connectivity index (χ3n) is 4.45. The van der Waals surface area contributed by atoms with Crippen molar-refractivity contribution in [3.63, 3.8) is 0 Å². The van der Waals surface area contributed by atoms with E-state index in [9.17, 15) is 5.26 Å². The zero-order valence-corrected chi connectivity index (χ0v) is 15.2. The van der Waals surface area contributed by atoms with E-state index >= 15 is 0 Å². The maximum Gasteiger partial charge on any atom is 0.235 e. The normalized spacial score (nSPS) is 14.9. The lowest BCUT2D eigenvalue weighted by atomic mass is 10.2. The summed E-state index contributed by atoms with van der Waals surface area (Å²) in [5.41, 5.74) is 1.27. The maximum atomic E-state index is 9.39. The lowest BCUT2D eigenvalue weighted by Gasteiger charge is -2.18. The van der Waals surface area contributed by atoms with Crippen LogP contribution in [0.5, 0.6) is 11.5 Å². The molecule has 0 atom stereocenters. The molecule has 136 valence electrons. The van der Waals surface area contributed by atoms with Gasteiger partial charge < -0.3 is 18.8 Å². The Labute approximate surface area is 153 Å². The third kappa shape index (κ3) is 3.99. The van der Waals surface area contributed by atoms with Crippen LogP contribution in [0.4, 0.5) is 5.88 Å². The van der Waals surface area contributed by atoms with E-state index in [2.05, 4.69) is 16.0 Å². The molecular formula is C20H23N3O3. The van der Waals surface area contributed by atoms with Gasteiger partial charge in [0.25, 0.3) is 0 Å². The van der Waals surface area contributed by atoms with Crippen LogP contribution in [-0.2, 0) is 0 Å². The molecule has 1 fully saturated rings. The Kier molecular flexibility index (Phi) is 5.80. The topological polar surface area (TPSA) is 71.5 Å². The molecule has 1 aromatic carbocycles. The molecule has 0 saturated carbocycles. The second-order valence-corrected chi connectivity index (χ2v) is 6.17. The van der Waals surface area contributed by atoms with E-state index in [1.54, 1.807) is 20.3 Å². The fourth-order valence-corrected chi connectivity index (χ4v) is 3.08. The molecule has 1 aliphatic heterocycles. The van der Waals surface area contributed by atoms with E-state index in [0.29, 0.717) is 29.0 Å². The van der Waals surface area contributed by atoms with Crippen LogP contribution in [0.25, 0.3) is 12.2 Å². The van der Waals surface area contributed by atoms with Crippen LogP contribution in [0.15, 0.2) is 22.6 Å². The van der Waals surface area contributed by atoms with Gasteiger partial charge in [-0.3, -0.25) is 0 Å². The lowest BCUT2D eigenvalue weighted by molar-refractivity contribution is 0.355. The van der Waals surface area contributed by atoms with E-state index in [1.807, 2.05) is 24.3 Å². The number of benzene rings is 1. The number of anilines is 1. The monoisotopic (exact) mass is 353 g/mol. The number of oxazole rings is 1. The van der Waals surface area contributed by atoms with Gasteiger partial charge in [-0.25, -0.2) is 0 Å². The van der Waals surface area contributed by atoms with Gasteiger partial charge in [0.05, 0.1) is 14.2 Å².